The molecule has 1 heterocycles. The first-order valence-corrected chi connectivity index (χ1v) is 14.0. The summed E-state index contributed by atoms with van der Waals surface area (Å²) in [6.45, 7) is 8.99. The number of amides is 4. The minimum atomic E-state index is -4.67. The second-order valence-corrected chi connectivity index (χ2v) is 10.9. The molecule has 0 spiro atoms. The minimum Gasteiger partial charge on any atom is -0.340 e. The number of carbonyl (C=O) groups is 3. The normalized spacial score (nSPS) is 23.8. The van der Waals surface area contributed by atoms with Gasteiger partial charge >= 0.3 is 12.2 Å². The van der Waals surface area contributed by atoms with Crippen LogP contribution in [0.1, 0.15) is 82.1 Å². The van der Waals surface area contributed by atoms with E-state index in [1.54, 1.807) is 6.92 Å². The Hall–Kier alpha value is -2.82. The van der Waals surface area contributed by atoms with Crippen LogP contribution in [0.15, 0.2) is 18.2 Å². The summed E-state index contributed by atoms with van der Waals surface area (Å²) < 4.78 is 40.2. The van der Waals surface area contributed by atoms with Crippen molar-refractivity contribution in [1.29, 1.82) is 0 Å². The first-order chi connectivity index (χ1) is 18.4. The van der Waals surface area contributed by atoms with Crippen molar-refractivity contribution in [3.63, 3.8) is 0 Å². The summed E-state index contributed by atoms with van der Waals surface area (Å²) >= 11 is 0. The number of hydrogen-bond donors (Lipinski definition) is 3. The van der Waals surface area contributed by atoms with Crippen molar-refractivity contribution in [2.75, 3.05) is 25.5 Å². The summed E-state index contributed by atoms with van der Waals surface area (Å²) in [6, 6.07) is 2.07. The lowest BCUT2D eigenvalue weighted by Crippen LogP contribution is -2.51. The van der Waals surface area contributed by atoms with E-state index in [4.69, 9.17) is 0 Å². The van der Waals surface area contributed by atoms with Gasteiger partial charge in [0.05, 0.1) is 16.8 Å². The predicted molar refractivity (Wildman–Crippen MR) is 144 cm³/mol. The highest BCUT2D eigenvalue weighted by molar-refractivity contribution is 6.05. The van der Waals surface area contributed by atoms with Gasteiger partial charge in [0.2, 0.25) is 5.91 Å². The average Bonchev–Trinajstić information content (AvgIpc) is 3.22. The first-order valence-electron chi connectivity index (χ1n) is 14.0. The Labute approximate surface area is 229 Å². The molecule has 0 radical (unpaired) electrons. The van der Waals surface area contributed by atoms with Gasteiger partial charge in [0.1, 0.15) is 6.04 Å². The molecule has 2 fully saturated rings. The number of urea groups is 1. The Morgan fingerprint density at radius 2 is 1.87 bits per heavy atom. The van der Waals surface area contributed by atoms with Crippen molar-refractivity contribution >= 4 is 23.5 Å². The first kappa shape index (κ1) is 30.7. The summed E-state index contributed by atoms with van der Waals surface area (Å²) in [7, 11) is 2.15. The van der Waals surface area contributed by atoms with Crippen molar-refractivity contribution < 1.29 is 27.6 Å². The van der Waals surface area contributed by atoms with Gasteiger partial charge in [-0.2, -0.15) is 13.2 Å². The number of alkyl halides is 3. The van der Waals surface area contributed by atoms with E-state index in [1.807, 2.05) is 4.90 Å². The lowest BCUT2D eigenvalue weighted by molar-refractivity contribution is -0.137. The molecule has 1 aliphatic carbocycles. The number of carbonyl (C=O) groups excluding carboxylic acids is 3. The molecule has 39 heavy (non-hydrogen) atoms. The Balaban J connectivity index is 1.75. The van der Waals surface area contributed by atoms with Crippen molar-refractivity contribution in [3.05, 3.63) is 29.3 Å². The van der Waals surface area contributed by atoms with Gasteiger partial charge < -0.3 is 25.8 Å². The Morgan fingerprint density at radius 3 is 2.49 bits per heavy atom. The number of halogens is 3. The molecule has 3 N–H and O–H groups in total. The lowest BCUT2D eigenvalue weighted by Gasteiger charge is -2.44. The van der Waals surface area contributed by atoms with Crippen molar-refractivity contribution in [3.8, 4) is 0 Å². The summed E-state index contributed by atoms with van der Waals surface area (Å²) in [5, 5.41) is 7.57. The summed E-state index contributed by atoms with van der Waals surface area (Å²) in [6.07, 6.45) is 0.605. The Bertz CT molecular complexity index is 1030. The molecule has 0 unspecified atom stereocenters. The van der Waals surface area contributed by atoms with E-state index in [-0.39, 0.29) is 23.2 Å². The molecule has 1 aliphatic heterocycles. The van der Waals surface area contributed by atoms with Crippen molar-refractivity contribution in [2.45, 2.75) is 96.6 Å². The van der Waals surface area contributed by atoms with Crippen LogP contribution in [0.25, 0.3) is 0 Å². The number of nitrogens with zero attached hydrogens (tertiary/aromatic N) is 2. The minimum absolute atomic E-state index is 0.0654. The lowest BCUT2D eigenvalue weighted by atomic mass is 9.77. The molecule has 4 amide bonds. The third-order valence-electron chi connectivity index (χ3n) is 8.09. The number of hydrogen-bond acceptors (Lipinski definition) is 4. The van der Waals surface area contributed by atoms with Crippen LogP contribution in [0.5, 0.6) is 0 Å². The van der Waals surface area contributed by atoms with Gasteiger partial charge in [-0.25, -0.2) is 4.79 Å². The van der Waals surface area contributed by atoms with Crippen LogP contribution in [0.2, 0.25) is 0 Å². The smallest absolute Gasteiger partial charge is 0.340 e. The molecule has 1 aromatic rings. The highest BCUT2D eigenvalue weighted by Gasteiger charge is 2.43. The van der Waals surface area contributed by atoms with Crippen molar-refractivity contribution in [2.24, 2.45) is 5.92 Å². The molecular weight excluding hydrogens is 511 g/mol. The highest BCUT2D eigenvalue weighted by atomic mass is 19.4. The molecule has 0 bridgehead atoms. The standard InChI is InChI=1S/C28H42F3N5O3/c1-6-8-18-15-20(35(5)17(3)4)10-12-24(18)36-14-13-23(26(36)38)33-25(37)21-16-19(28(29,30)31)9-11-22(21)34-27(39)32-7-2/h9,11,16-18,20,23-24H,6-8,10,12-15H2,1-5H3,(H,33,37)(H2,32,34,39)/t18-,20+,23-,24-/m0/s1. The van der Waals surface area contributed by atoms with Gasteiger partial charge in [0, 0.05) is 31.2 Å². The average molecular weight is 554 g/mol. The third kappa shape index (κ3) is 7.43. The van der Waals surface area contributed by atoms with Gasteiger partial charge in [0.25, 0.3) is 5.91 Å². The van der Waals surface area contributed by atoms with Crippen LogP contribution in [0.4, 0.5) is 23.7 Å². The van der Waals surface area contributed by atoms with E-state index >= 15 is 0 Å². The molecule has 2 aliphatic rings. The summed E-state index contributed by atoms with van der Waals surface area (Å²) in [5.74, 6) is -0.680. The van der Waals surface area contributed by atoms with E-state index in [2.05, 4.69) is 48.7 Å². The fourth-order valence-corrected chi connectivity index (χ4v) is 5.85. The molecule has 1 aromatic carbocycles. The van der Waals surface area contributed by atoms with Crippen LogP contribution in [0.3, 0.4) is 0 Å². The molecule has 218 valence electrons. The fraction of sp³-hybridized carbons (Fsp3) is 0.679. The quantitative estimate of drug-likeness (QED) is 0.407. The topological polar surface area (TPSA) is 93.8 Å². The van der Waals surface area contributed by atoms with Crippen LogP contribution in [-0.2, 0) is 11.0 Å². The Kier molecular flexibility index (Phi) is 10.3. The molecular formula is C28H42F3N5O3. The predicted octanol–water partition coefficient (Wildman–Crippen LogP) is 4.86. The largest absolute Gasteiger partial charge is 0.416 e. The number of rotatable bonds is 9. The molecule has 0 aromatic heterocycles. The molecule has 3 rings (SSSR count). The zero-order valence-corrected chi connectivity index (χ0v) is 23.5. The van der Waals surface area contributed by atoms with Crippen LogP contribution >= 0.6 is 0 Å². The SMILES string of the molecule is CCC[C@H]1C[C@H](N(C)C(C)C)CC[C@@H]1N1CC[C@H](NC(=O)c2cc(C(F)(F)F)ccc2NC(=O)NCC)C1=O. The van der Waals surface area contributed by atoms with Crippen LogP contribution in [-0.4, -0.2) is 71.9 Å². The van der Waals surface area contributed by atoms with Gasteiger partial charge in [-0.05, 0) is 84.0 Å². The van der Waals surface area contributed by atoms with Crippen molar-refractivity contribution in [1.82, 2.24) is 20.4 Å². The summed E-state index contributed by atoms with van der Waals surface area (Å²) in [5.41, 5.74) is -1.42. The van der Waals surface area contributed by atoms with Gasteiger partial charge in [0.15, 0.2) is 0 Å². The maximum absolute atomic E-state index is 13.5. The van der Waals surface area contributed by atoms with E-state index in [1.165, 1.54) is 0 Å². The Morgan fingerprint density at radius 1 is 1.15 bits per heavy atom. The second-order valence-electron chi connectivity index (χ2n) is 10.9. The summed E-state index contributed by atoms with van der Waals surface area (Å²) in [4.78, 5) is 43.0. The highest BCUT2D eigenvalue weighted by Crippen LogP contribution is 2.37. The molecule has 1 saturated heterocycles. The fourth-order valence-electron chi connectivity index (χ4n) is 5.85. The van der Waals surface area contributed by atoms with Gasteiger partial charge in [-0.3, -0.25) is 9.59 Å². The third-order valence-corrected chi connectivity index (χ3v) is 8.09. The van der Waals surface area contributed by atoms with E-state index < -0.39 is 29.7 Å². The van der Waals surface area contributed by atoms with E-state index in [9.17, 15) is 27.6 Å². The number of benzene rings is 1. The molecule has 8 nitrogen and oxygen atoms in total. The number of likely N-dealkylation sites (tertiary alicyclic amines) is 1. The number of nitrogens with one attached hydrogen (secondary N) is 3. The zero-order chi connectivity index (χ0) is 28.9. The van der Waals surface area contributed by atoms with E-state index in [0.29, 0.717) is 43.6 Å². The van der Waals surface area contributed by atoms with Gasteiger partial charge in [-0.15, -0.1) is 0 Å². The monoisotopic (exact) mass is 553 g/mol. The van der Waals surface area contributed by atoms with Gasteiger partial charge in [-0.1, -0.05) is 13.3 Å². The zero-order valence-electron chi connectivity index (χ0n) is 23.5. The molecule has 4 atom stereocenters. The van der Waals surface area contributed by atoms with Crippen LogP contribution in [0, 0.1) is 5.92 Å². The maximum atomic E-state index is 13.5. The molecule has 1 saturated carbocycles. The number of anilines is 1. The second kappa shape index (κ2) is 13.0. The van der Waals surface area contributed by atoms with E-state index in [0.717, 1.165) is 44.2 Å². The molecule has 11 heteroatoms. The van der Waals surface area contributed by atoms with Crippen LogP contribution < -0.4 is 16.0 Å². The maximum Gasteiger partial charge on any atom is 0.416 e.